The zero-order chi connectivity index (χ0) is 18.2. The smallest absolute Gasteiger partial charge is 0.287 e. The number of para-hydroxylation sites is 1. The van der Waals surface area contributed by atoms with Gasteiger partial charge in [0.25, 0.3) is 0 Å². The molecule has 0 bridgehead atoms. The lowest BCUT2D eigenvalue weighted by atomic mass is 10.2. The summed E-state index contributed by atoms with van der Waals surface area (Å²) < 4.78 is 3.16. The summed E-state index contributed by atoms with van der Waals surface area (Å²) in [6, 6.07) is 27.5. The average Bonchev–Trinajstić information content (AvgIpc) is 3.19. The van der Waals surface area contributed by atoms with Crippen LogP contribution < -0.4 is 5.69 Å². The summed E-state index contributed by atoms with van der Waals surface area (Å²) in [5, 5.41) is 5.41. The molecular formula is C22H16N4O. The van der Waals surface area contributed by atoms with Crippen LogP contribution in [0.3, 0.4) is 0 Å². The van der Waals surface area contributed by atoms with Gasteiger partial charge in [-0.05, 0) is 17.7 Å². The van der Waals surface area contributed by atoms with Gasteiger partial charge in [0.1, 0.15) is 0 Å². The number of nitrogens with zero attached hydrogens (tertiary/aromatic N) is 4. The van der Waals surface area contributed by atoms with Gasteiger partial charge in [0.2, 0.25) is 0 Å². The zero-order valence-electron chi connectivity index (χ0n) is 14.5. The van der Waals surface area contributed by atoms with E-state index in [0.29, 0.717) is 18.0 Å². The van der Waals surface area contributed by atoms with Crippen molar-refractivity contribution in [3.63, 3.8) is 0 Å². The van der Waals surface area contributed by atoms with E-state index >= 15 is 0 Å². The van der Waals surface area contributed by atoms with Crippen molar-refractivity contribution in [2.75, 3.05) is 0 Å². The van der Waals surface area contributed by atoms with Crippen LogP contribution in [-0.4, -0.2) is 19.2 Å². The number of aromatic nitrogens is 4. The molecule has 2 heterocycles. The molecule has 0 spiro atoms. The van der Waals surface area contributed by atoms with Crippen molar-refractivity contribution in [3.05, 3.63) is 101 Å². The van der Waals surface area contributed by atoms with Crippen molar-refractivity contribution < 1.29 is 0 Å². The van der Waals surface area contributed by atoms with Crippen molar-refractivity contribution in [2.24, 2.45) is 0 Å². The van der Waals surface area contributed by atoms with E-state index in [2.05, 4.69) is 10.1 Å². The van der Waals surface area contributed by atoms with E-state index in [0.717, 1.165) is 22.0 Å². The third-order valence-electron chi connectivity index (χ3n) is 4.67. The summed E-state index contributed by atoms with van der Waals surface area (Å²) in [6.45, 7) is 0.483. The quantitative estimate of drug-likeness (QED) is 0.497. The standard InChI is InChI=1S/C22H16N4O/c27-22-25(15-16-9-3-1-4-10-16)19-14-8-7-13-18(19)21-23-20(24-26(21)22)17-11-5-2-6-12-17/h1-14H,15H2. The summed E-state index contributed by atoms with van der Waals surface area (Å²) in [4.78, 5) is 17.9. The SMILES string of the molecule is O=c1n(Cc2ccccc2)c2ccccc2c2nc(-c3ccccc3)nn12. The molecule has 0 aliphatic heterocycles. The topological polar surface area (TPSA) is 52.2 Å². The van der Waals surface area contributed by atoms with E-state index in [1.807, 2.05) is 84.9 Å². The van der Waals surface area contributed by atoms with Crippen molar-refractivity contribution in [2.45, 2.75) is 6.54 Å². The molecule has 0 radical (unpaired) electrons. The molecule has 5 aromatic rings. The molecule has 0 aliphatic rings. The van der Waals surface area contributed by atoms with Crippen molar-refractivity contribution in [1.82, 2.24) is 19.2 Å². The fraction of sp³-hybridized carbons (Fsp3) is 0.0455. The van der Waals surface area contributed by atoms with Crippen LogP contribution >= 0.6 is 0 Å². The maximum Gasteiger partial charge on any atom is 0.351 e. The molecule has 0 saturated heterocycles. The van der Waals surface area contributed by atoms with Gasteiger partial charge in [0, 0.05) is 10.9 Å². The zero-order valence-corrected chi connectivity index (χ0v) is 14.5. The van der Waals surface area contributed by atoms with Crippen LogP contribution in [0, 0.1) is 0 Å². The van der Waals surface area contributed by atoms with Gasteiger partial charge in [-0.3, -0.25) is 4.57 Å². The maximum atomic E-state index is 13.2. The van der Waals surface area contributed by atoms with Crippen LogP contribution in [0.25, 0.3) is 27.9 Å². The van der Waals surface area contributed by atoms with Crippen LogP contribution in [0.5, 0.6) is 0 Å². The van der Waals surface area contributed by atoms with Gasteiger partial charge in [0.15, 0.2) is 11.5 Å². The highest BCUT2D eigenvalue weighted by molar-refractivity contribution is 5.91. The molecule has 0 saturated carbocycles. The molecule has 0 atom stereocenters. The lowest BCUT2D eigenvalue weighted by molar-refractivity contribution is 0.716. The summed E-state index contributed by atoms with van der Waals surface area (Å²) in [7, 11) is 0. The van der Waals surface area contributed by atoms with E-state index in [9.17, 15) is 4.79 Å². The van der Waals surface area contributed by atoms with Crippen LogP contribution in [0.1, 0.15) is 5.56 Å². The predicted octanol–water partition coefficient (Wildman–Crippen LogP) is 3.76. The third-order valence-corrected chi connectivity index (χ3v) is 4.67. The van der Waals surface area contributed by atoms with E-state index in [1.54, 1.807) is 4.57 Å². The highest BCUT2D eigenvalue weighted by Gasteiger charge is 2.15. The lowest BCUT2D eigenvalue weighted by Gasteiger charge is -2.11. The molecule has 3 aromatic carbocycles. The number of benzene rings is 3. The number of fused-ring (bicyclic) bond motifs is 3. The molecule has 5 rings (SSSR count). The summed E-state index contributed by atoms with van der Waals surface area (Å²) in [5.41, 5.74) is 3.19. The molecule has 130 valence electrons. The summed E-state index contributed by atoms with van der Waals surface area (Å²) in [6.07, 6.45) is 0. The number of hydrogen-bond donors (Lipinski definition) is 0. The van der Waals surface area contributed by atoms with Crippen LogP contribution in [0.4, 0.5) is 0 Å². The van der Waals surface area contributed by atoms with E-state index in [-0.39, 0.29) is 5.69 Å². The summed E-state index contributed by atoms with van der Waals surface area (Å²) in [5.74, 6) is 0.551. The molecule has 27 heavy (non-hydrogen) atoms. The third kappa shape index (κ3) is 2.60. The van der Waals surface area contributed by atoms with Gasteiger partial charge in [-0.25, -0.2) is 9.78 Å². The maximum absolute atomic E-state index is 13.2. The second-order valence-corrected chi connectivity index (χ2v) is 6.41. The van der Waals surface area contributed by atoms with E-state index < -0.39 is 0 Å². The second-order valence-electron chi connectivity index (χ2n) is 6.41. The Morgan fingerprint density at radius 3 is 2.22 bits per heavy atom. The van der Waals surface area contributed by atoms with Gasteiger partial charge < -0.3 is 0 Å². The molecular weight excluding hydrogens is 336 g/mol. The molecule has 5 nitrogen and oxygen atoms in total. The minimum absolute atomic E-state index is 0.192. The molecule has 0 N–H and O–H groups in total. The first-order valence-corrected chi connectivity index (χ1v) is 8.79. The Hall–Kier alpha value is -3.73. The lowest BCUT2D eigenvalue weighted by Crippen LogP contribution is -2.28. The van der Waals surface area contributed by atoms with E-state index in [1.165, 1.54) is 4.52 Å². The first-order chi connectivity index (χ1) is 13.3. The molecule has 0 aliphatic carbocycles. The molecule has 2 aromatic heterocycles. The average molecular weight is 352 g/mol. The largest absolute Gasteiger partial charge is 0.351 e. The Labute approximate surface area is 155 Å². The van der Waals surface area contributed by atoms with Crippen molar-refractivity contribution in [3.8, 4) is 11.4 Å². The van der Waals surface area contributed by atoms with Crippen molar-refractivity contribution in [1.29, 1.82) is 0 Å². The fourth-order valence-electron chi connectivity index (χ4n) is 3.36. The van der Waals surface area contributed by atoms with Gasteiger partial charge in [0.05, 0.1) is 12.1 Å². The Morgan fingerprint density at radius 2 is 1.44 bits per heavy atom. The van der Waals surface area contributed by atoms with Crippen LogP contribution in [0.15, 0.2) is 89.7 Å². The van der Waals surface area contributed by atoms with E-state index in [4.69, 9.17) is 0 Å². The van der Waals surface area contributed by atoms with Gasteiger partial charge in [-0.2, -0.15) is 4.52 Å². The monoisotopic (exact) mass is 352 g/mol. The van der Waals surface area contributed by atoms with Gasteiger partial charge in [-0.15, -0.1) is 5.10 Å². The Kier molecular flexibility index (Phi) is 3.57. The number of rotatable bonds is 3. The molecule has 0 fully saturated rings. The Morgan fingerprint density at radius 1 is 0.778 bits per heavy atom. The highest BCUT2D eigenvalue weighted by atomic mass is 16.2. The van der Waals surface area contributed by atoms with Crippen LogP contribution in [0.2, 0.25) is 0 Å². The van der Waals surface area contributed by atoms with Gasteiger partial charge in [-0.1, -0.05) is 72.8 Å². The second kappa shape index (κ2) is 6.21. The Bertz CT molecular complexity index is 1300. The molecule has 5 heteroatoms. The first-order valence-electron chi connectivity index (χ1n) is 8.79. The Balaban J connectivity index is 1.80. The highest BCUT2D eigenvalue weighted by Crippen LogP contribution is 2.21. The predicted molar refractivity (Wildman–Crippen MR) is 106 cm³/mol. The molecule has 0 unspecified atom stereocenters. The summed E-state index contributed by atoms with van der Waals surface area (Å²) >= 11 is 0. The van der Waals surface area contributed by atoms with Crippen LogP contribution in [-0.2, 0) is 6.54 Å². The minimum Gasteiger partial charge on any atom is -0.287 e. The minimum atomic E-state index is -0.192. The fourth-order valence-corrected chi connectivity index (χ4v) is 3.36. The molecule has 0 amide bonds. The first kappa shape index (κ1) is 15.5. The van der Waals surface area contributed by atoms with Crippen molar-refractivity contribution >= 4 is 16.6 Å². The number of hydrogen-bond acceptors (Lipinski definition) is 3. The normalized spacial score (nSPS) is 11.3. The van der Waals surface area contributed by atoms with Gasteiger partial charge >= 0.3 is 5.69 Å².